The van der Waals surface area contributed by atoms with Crippen LogP contribution in [0.4, 0.5) is 5.69 Å². The van der Waals surface area contributed by atoms with Crippen molar-refractivity contribution in [3.63, 3.8) is 0 Å². The van der Waals surface area contributed by atoms with Crippen LogP contribution in [0, 0.1) is 0 Å². The van der Waals surface area contributed by atoms with Crippen molar-refractivity contribution < 1.29 is 5.11 Å². The molecule has 3 N–H and O–H groups in total. The molecule has 1 aliphatic heterocycles. The lowest BCUT2D eigenvalue weighted by atomic mass is 10.1. The van der Waals surface area contributed by atoms with Crippen LogP contribution >= 0.6 is 15.9 Å². The Kier molecular flexibility index (Phi) is 5.00. The third-order valence-corrected chi connectivity index (χ3v) is 4.17. The molecule has 18 heavy (non-hydrogen) atoms. The van der Waals surface area contributed by atoms with E-state index in [1.54, 1.807) is 0 Å². The van der Waals surface area contributed by atoms with E-state index in [4.69, 9.17) is 10.8 Å². The van der Waals surface area contributed by atoms with Crippen LogP contribution in [-0.2, 0) is 6.54 Å². The fourth-order valence-electron chi connectivity index (χ4n) is 2.40. The first-order valence-electron chi connectivity index (χ1n) is 6.32. The molecule has 0 aliphatic carbocycles. The topological polar surface area (TPSA) is 52.7 Å². The molecule has 0 radical (unpaired) electrons. The van der Waals surface area contributed by atoms with E-state index in [-0.39, 0.29) is 6.61 Å². The number of aliphatic hydroxyl groups is 1. The summed E-state index contributed by atoms with van der Waals surface area (Å²) < 4.78 is 1.08. The van der Waals surface area contributed by atoms with Crippen molar-refractivity contribution in [2.45, 2.75) is 6.54 Å². The Balaban J connectivity index is 2.07. The van der Waals surface area contributed by atoms with E-state index in [1.807, 2.05) is 6.07 Å². The van der Waals surface area contributed by atoms with Crippen LogP contribution in [0.1, 0.15) is 5.56 Å². The van der Waals surface area contributed by atoms with E-state index in [0.717, 1.165) is 37.2 Å². The van der Waals surface area contributed by atoms with Gasteiger partial charge in [0.2, 0.25) is 0 Å². The molecule has 0 unspecified atom stereocenters. The first-order valence-corrected chi connectivity index (χ1v) is 7.11. The molecule has 4 nitrogen and oxygen atoms in total. The Labute approximate surface area is 117 Å². The Hall–Kier alpha value is -0.620. The zero-order valence-electron chi connectivity index (χ0n) is 10.5. The molecule has 1 aromatic rings. The molecule has 1 saturated heterocycles. The van der Waals surface area contributed by atoms with Crippen molar-refractivity contribution in [3.8, 4) is 0 Å². The van der Waals surface area contributed by atoms with E-state index >= 15 is 0 Å². The van der Waals surface area contributed by atoms with Gasteiger partial charge in [-0.05, 0) is 12.1 Å². The van der Waals surface area contributed by atoms with Gasteiger partial charge in [-0.2, -0.15) is 0 Å². The van der Waals surface area contributed by atoms with Crippen LogP contribution in [0.3, 0.4) is 0 Å². The summed E-state index contributed by atoms with van der Waals surface area (Å²) in [6, 6.07) is 6.22. The highest BCUT2D eigenvalue weighted by molar-refractivity contribution is 9.10. The SMILES string of the molecule is NCc1c(Br)cccc1N1CCN(CCO)CC1. The van der Waals surface area contributed by atoms with Crippen molar-refractivity contribution >= 4 is 21.6 Å². The lowest BCUT2D eigenvalue weighted by Gasteiger charge is -2.36. The minimum absolute atomic E-state index is 0.241. The summed E-state index contributed by atoms with van der Waals surface area (Å²) >= 11 is 3.56. The zero-order valence-corrected chi connectivity index (χ0v) is 12.1. The standard InChI is InChI=1S/C13H20BrN3O/c14-12-2-1-3-13(11(12)10-15)17-6-4-16(5-7-17)8-9-18/h1-3,18H,4-10,15H2. The van der Waals surface area contributed by atoms with Crippen LogP contribution < -0.4 is 10.6 Å². The summed E-state index contributed by atoms with van der Waals surface area (Å²) in [5.41, 5.74) is 8.24. The second-order valence-corrected chi connectivity index (χ2v) is 5.35. The maximum absolute atomic E-state index is 8.94. The van der Waals surface area contributed by atoms with Gasteiger partial charge in [0.15, 0.2) is 0 Å². The summed E-state index contributed by atoms with van der Waals surface area (Å²) in [4.78, 5) is 4.66. The van der Waals surface area contributed by atoms with Crippen molar-refractivity contribution in [1.82, 2.24) is 4.90 Å². The summed E-state index contributed by atoms with van der Waals surface area (Å²) in [6.07, 6.45) is 0. The number of hydrogen-bond donors (Lipinski definition) is 2. The maximum atomic E-state index is 8.94. The molecule has 1 heterocycles. The van der Waals surface area contributed by atoms with E-state index in [1.165, 1.54) is 11.3 Å². The molecular weight excluding hydrogens is 294 g/mol. The Morgan fingerprint density at radius 1 is 1.22 bits per heavy atom. The quantitative estimate of drug-likeness (QED) is 0.871. The number of benzene rings is 1. The molecule has 1 aromatic carbocycles. The minimum atomic E-state index is 0.241. The maximum Gasteiger partial charge on any atom is 0.0558 e. The number of nitrogens with zero attached hydrogens (tertiary/aromatic N) is 2. The molecule has 0 atom stereocenters. The second kappa shape index (κ2) is 6.52. The van der Waals surface area contributed by atoms with Crippen LogP contribution in [0.15, 0.2) is 22.7 Å². The summed E-state index contributed by atoms with van der Waals surface area (Å²) in [6.45, 7) is 5.54. The van der Waals surface area contributed by atoms with Gasteiger partial charge in [0.25, 0.3) is 0 Å². The molecule has 5 heteroatoms. The van der Waals surface area contributed by atoms with E-state index in [9.17, 15) is 0 Å². The molecule has 1 aliphatic rings. The largest absolute Gasteiger partial charge is 0.395 e. The zero-order chi connectivity index (χ0) is 13.0. The van der Waals surface area contributed by atoms with Gasteiger partial charge in [0.05, 0.1) is 6.61 Å². The Morgan fingerprint density at radius 2 is 1.94 bits per heavy atom. The van der Waals surface area contributed by atoms with Gasteiger partial charge in [0.1, 0.15) is 0 Å². The van der Waals surface area contributed by atoms with Crippen molar-refractivity contribution in [1.29, 1.82) is 0 Å². The number of nitrogens with two attached hydrogens (primary N) is 1. The Bertz CT molecular complexity index is 392. The lowest BCUT2D eigenvalue weighted by Crippen LogP contribution is -2.47. The van der Waals surface area contributed by atoms with E-state index in [0.29, 0.717) is 6.54 Å². The number of halogens is 1. The van der Waals surface area contributed by atoms with Gasteiger partial charge in [-0.15, -0.1) is 0 Å². The van der Waals surface area contributed by atoms with Crippen LogP contribution in [0.5, 0.6) is 0 Å². The minimum Gasteiger partial charge on any atom is -0.395 e. The van der Waals surface area contributed by atoms with Crippen molar-refractivity contribution in [3.05, 3.63) is 28.2 Å². The number of aliphatic hydroxyl groups excluding tert-OH is 1. The molecule has 0 bridgehead atoms. The highest BCUT2D eigenvalue weighted by Gasteiger charge is 2.19. The first-order chi connectivity index (χ1) is 8.76. The summed E-state index contributed by atoms with van der Waals surface area (Å²) in [7, 11) is 0. The molecule has 1 fully saturated rings. The van der Waals surface area contributed by atoms with Crippen LogP contribution in [-0.4, -0.2) is 49.3 Å². The number of piperazine rings is 1. The van der Waals surface area contributed by atoms with Crippen LogP contribution in [0.2, 0.25) is 0 Å². The number of hydrogen-bond acceptors (Lipinski definition) is 4. The fraction of sp³-hybridized carbons (Fsp3) is 0.538. The van der Waals surface area contributed by atoms with Gasteiger partial charge < -0.3 is 15.7 Å². The molecule has 0 aromatic heterocycles. The Morgan fingerprint density at radius 3 is 2.56 bits per heavy atom. The summed E-state index contributed by atoms with van der Waals surface area (Å²) in [5.74, 6) is 0. The lowest BCUT2D eigenvalue weighted by molar-refractivity contribution is 0.188. The molecule has 0 saturated carbocycles. The molecule has 2 rings (SSSR count). The predicted octanol–water partition coefficient (Wildman–Crippen LogP) is 1.02. The number of rotatable bonds is 4. The molecule has 0 spiro atoms. The second-order valence-electron chi connectivity index (χ2n) is 4.49. The monoisotopic (exact) mass is 313 g/mol. The number of anilines is 1. The number of β-amino-alcohol motifs (C(OH)–C–C–N with tert-alkyl or cyclic N) is 1. The highest BCUT2D eigenvalue weighted by Crippen LogP contribution is 2.28. The van der Waals surface area contributed by atoms with Gasteiger partial charge >= 0.3 is 0 Å². The van der Waals surface area contributed by atoms with Crippen LogP contribution in [0.25, 0.3) is 0 Å². The van der Waals surface area contributed by atoms with E-state index in [2.05, 4.69) is 37.9 Å². The third-order valence-electron chi connectivity index (χ3n) is 3.43. The average molecular weight is 314 g/mol. The summed E-state index contributed by atoms with van der Waals surface area (Å²) in [5, 5.41) is 8.94. The first kappa shape index (κ1) is 13.8. The highest BCUT2D eigenvalue weighted by atomic mass is 79.9. The van der Waals surface area contributed by atoms with Gasteiger partial charge in [-0.25, -0.2) is 0 Å². The van der Waals surface area contributed by atoms with Gasteiger partial charge in [-0.1, -0.05) is 22.0 Å². The van der Waals surface area contributed by atoms with Crippen molar-refractivity contribution in [2.75, 3.05) is 44.2 Å². The third kappa shape index (κ3) is 3.03. The normalized spacial score (nSPS) is 17.2. The predicted molar refractivity (Wildman–Crippen MR) is 77.8 cm³/mol. The average Bonchev–Trinajstić information content (AvgIpc) is 2.40. The molecule has 100 valence electrons. The molecular formula is C13H20BrN3O. The smallest absolute Gasteiger partial charge is 0.0558 e. The fourth-order valence-corrected chi connectivity index (χ4v) is 2.92. The van der Waals surface area contributed by atoms with Gasteiger partial charge in [-0.3, -0.25) is 4.90 Å². The van der Waals surface area contributed by atoms with E-state index < -0.39 is 0 Å². The van der Waals surface area contributed by atoms with Crippen molar-refractivity contribution in [2.24, 2.45) is 5.73 Å². The molecule has 0 amide bonds. The van der Waals surface area contributed by atoms with Gasteiger partial charge in [0, 0.05) is 55.0 Å².